The Kier molecular flexibility index (Phi) is 4.34. The van der Waals surface area contributed by atoms with Gasteiger partial charge in [-0.05, 0) is 37.0 Å². The number of carbonyl (C=O) groups is 1. The van der Waals surface area contributed by atoms with E-state index in [2.05, 4.69) is 6.92 Å². The Hall–Kier alpha value is -2.69. The summed E-state index contributed by atoms with van der Waals surface area (Å²) in [4.78, 5) is 22.9. The molecule has 24 heavy (non-hydrogen) atoms. The van der Waals surface area contributed by atoms with Crippen LogP contribution in [0.3, 0.4) is 0 Å². The molecule has 2 aromatic rings. The van der Waals surface area contributed by atoms with Crippen molar-refractivity contribution in [2.75, 3.05) is 0 Å². The Morgan fingerprint density at radius 2 is 1.83 bits per heavy atom. The lowest BCUT2D eigenvalue weighted by Crippen LogP contribution is -2.35. The molecule has 1 fully saturated rings. The zero-order chi connectivity index (χ0) is 17.2. The Balaban J connectivity index is 1.88. The Bertz CT molecular complexity index is 742. The third kappa shape index (κ3) is 2.89. The van der Waals surface area contributed by atoms with Crippen LogP contribution in [0.4, 0.5) is 5.69 Å². The fourth-order valence-corrected chi connectivity index (χ4v) is 3.45. The highest BCUT2D eigenvalue weighted by Crippen LogP contribution is 2.46. The molecule has 0 heterocycles. The van der Waals surface area contributed by atoms with E-state index in [1.165, 1.54) is 24.3 Å². The summed E-state index contributed by atoms with van der Waals surface area (Å²) in [6.45, 7) is 2.10. The summed E-state index contributed by atoms with van der Waals surface area (Å²) in [6, 6.07) is 15.3. The number of hydrogen-bond donors (Lipinski definition) is 0. The van der Waals surface area contributed by atoms with E-state index in [1.807, 2.05) is 30.3 Å². The van der Waals surface area contributed by atoms with Gasteiger partial charge in [0.05, 0.1) is 10.5 Å². The number of carbonyl (C=O) groups excluding carboxylic acids is 1. The Morgan fingerprint density at radius 1 is 1.17 bits per heavy atom. The number of nitro benzene ring substituents is 1. The predicted octanol–water partition coefficient (Wildman–Crippen LogP) is 4.47. The van der Waals surface area contributed by atoms with Crippen molar-refractivity contribution in [3.63, 3.8) is 0 Å². The van der Waals surface area contributed by atoms with Gasteiger partial charge in [0.25, 0.3) is 5.69 Å². The van der Waals surface area contributed by atoms with Gasteiger partial charge in [-0.2, -0.15) is 0 Å². The molecular weight excluding hydrogens is 306 g/mol. The van der Waals surface area contributed by atoms with E-state index in [-0.39, 0.29) is 11.6 Å². The molecule has 0 aliphatic heterocycles. The van der Waals surface area contributed by atoms with Crippen LogP contribution in [0.25, 0.3) is 0 Å². The topological polar surface area (TPSA) is 69.4 Å². The van der Waals surface area contributed by atoms with Gasteiger partial charge in [0.1, 0.15) is 5.60 Å². The van der Waals surface area contributed by atoms with Crippen molar-refractivity contribution in [2.45, 2.75) is 31.8 Å². The highest BCUT2D eigenvalue weighted by Gasteiger charge is 2.45. The van der Waals surface area contributed by atoms with Crippen molar-refractivity contribution in [3.8, 4) is 0 Å². The number of ether oxygens (including phenoxy) is 1. The molecule has 1 aliphatic rings. The summed E-state index contributed by atoms with van der Waals surface area (Å²) >= 11 is 0. The fraction of sp³-hybridized carbons (Fsp3) is 0.316. The van der Waals surface area contributed by atoms with Gasteiger partial charge in [-0.1, -0.05) is 37.3 Å². The van der Waals surface area contributed by atoms with Crippen LogP contribution in [0.5, 0.6) is 0 Å². The van der Waals surface area contributed by atoms with E-state index in [0.717, 1.165) is 24.8 Å². The van der Waals surface area contributed by atoms with Gasteiger partial charge >= 0.3 is 5.97 Å². The SMILES string of the molecule is C[C@H]1CCC[C@@]1(OC(=O)c1ccc([N+](=O)[O-])cc1)c1ccccc1. The molecule has 2 atom stereocenters. The number of nitrogens with zero attached hydrogens (tertiary/aromatic N) is 1. The van der Waals surface area contributed by atoms with Crippen molar-refractivity contribution < 1.29 is 14.5 Å². The maximum atomic E-state index is 12.6. The number of hydrogen-bond acceptors (Lipinski definition) is 4. The van der Waals surface area contributed by atoms with Crippen molar-refractivity contribution in [1.82, 2.24) is 0 Å². The third-order valence-electron chi connectivity index (χ3n) is 4.83. The molecule has 0 amide bonds. The first-order valence-electron chi connectivity index (χ1n) is 8.06. The van der Waals surface area contributed by atoms with Crippen LogP contribution < -0.4 is 0 Å². The molecule has 2 aromatic carbocycles. The van der Waals surface area contributed by atoms with Gasteiger partial charge in [0.15, 0.2) is 0 Å². The number of benzene rings is 2. The average molecular weight is 325 g/mol. The zero-order valence-corrected chi connectivity index (χ0v) is 13.5. The summed E-state index contributed by atoms with van der Waals surface area (Å²) in [5.74, 6) is -0.218. The van der Waals surface area contributed by atoms with E-state index in [0.29, 0.717) is 5.56 Å². The van der Waals surface area contributed by atoms with Crippen molar-refractivity contribution in [3.05, 3.63) is 75.8 Å². The minimum atomic E-state index is -0.625. The standard InChI is InChI=1S/C19H19NO4/c1-14-6-5-13-19(14,16-7-3-2-4-8-16)24-18(21)15-9-11-17(12-10-15)20(22)23/h2-4,7-12,14H,5-6,13H2,1H3/t14-,19-/m0/s1. The molecule has 124 valence electrons. The highest BCUT2D eigenvalue weighted by atomic mass is 16.6. The first-order valence-corrected chi connectivity index (χ1v) is 8.06. The Labute approximate surface area is 140 Å². The highest BCUT2D eigenvalue weighted by molar-refractivity contribution is 5.90. The number of esters is 1. The molecule has 0 radical (unpaired) electrons. The summed E-state index contributed by atoms with van der Waals surface area (Å²) in [5.41, 5.74) is 0.666. The first-order chi connectivity index (χ1) is 11.5. The second kappa shape index (κ2) is 6.43. The number of rotatable bonds is 4. The summed E-state index contributed by atoms with van der Waals surface area (Å²) in [7, 11) is 0. The monoisotopic (exact) mass is 325 g/mol. The second-order valence-electron chi connectivity index (χ2n) is 6.24. The molecule has 0 aromatic heterocycles. The number of nitro groups is 1. The van der Waals surface area contributed by atoms with Crippen molar-refractivity contribution in [2.24, 2.45) is 5.92 Å². The lowest BCUT2D eigenvalue weighted by molar-refractivity contribution is -0.384. The molecule has 1 aliphatic carbocycles. The second-order valence-corrected chi connectivity index (χ2v) is 6.24. The van der Waals surface area contributed by atoms with E-state index in [9.17, 15) is 14.9 Å². The summed E-state index contributed by atoms with van der Waals surface area (Å²) < 4.78 is 5.97. The summed E-state index contributed by atoms with van der Waals surface area (Å²) in [5, 5.41) is 10.7. The average Bonchev–Trinajstić information content (AvgIpc) is 2.97. The maximum Gasteiger partial charge on any atom is 0.339 e. The molecule has 0 unspecified atom stereocenters. The normalized spacial score (nSPS) is 23.0. The smallest absolute Gasteiger partial charge is 0.339 e. The summed E-state index contributed by atoms with van der Waals surface area (Å²) in [6.07, 6.45) is 2.79. The molecular formula is C19H19NO4. The molecule has 0 bridgehead atoms. The van der Waals surface area contributed by atoms with E-state index in [4.69, 9.17) is 4.74 Å². The maximum absolute atomic E-state index is 12.6. The van der Waals surface area contributed by atoms with Gasteiger partial charge in [0, 0.05) is 18.1 Å². The Morgan fingerprint density at radius 3 is 2.38 bits per heavy atom. The zero-order valence-electron chi connectivity index (χ0n) is 13.5. The largest absolute Gasteiger partial charge is 0.450 e. The van der Waals surface area contributed by atoms with Gasteiger partial charge < -0.3 is 4.74 Å². The van der Waals surface area contributed by atoms with Crippen LogP contribution in [0.1, 0.15) is 42.1 Å². The molecule has 5 heteroatoms. The number of non-ortho nitro benzene ring substituents is 1. The van der Waals surface area contributed by atoms with Crippen LogP contribution in [-0.4, -0.2) is 10.9 Å². The minimum Gasteiger partial charge on any atom is -0.450 e. The van der Waals surface area contributed by atoms with Gasteiger partial charge in [-0.3, -0.25) is 10.1 Å². The van der Waals surface area contributed by atoms with Crippen molar-refractivity contribution >= 4 is 11.7 Å². The van der Waals surface area contributed by atoms with Gasteiger partial charge in [-0.25, -0.2) is 4.79 Å². The molecule has 0 saturated heterocycles. The molecule has 1 saturated carbocycles. The van der Waals surface area contributed by atoms with E-state index >= 15 is 0 Å². The van der Waals surface area contributed by atoms with Crippen LogP contribution in [0.15, 0.2) is 54.6 Å². The van der Waals surface area contributed by atoms with Crippen LogP contribution >= 0.6 is 0 Å². The van der Waals surface area contributed by atoms with Crippen LogP contribution in [0, 0.1) is 16.0 Å². The van der Waals surface area contributed by atoms with Gasteiger partial charge in [-0.15, -0.1) is 0 Å². The van der Waals surface area contributed by atoms with Crippen LogP contribution in [0.2, 0.25) is 0 Å². The first kappa shape index (κ1) is 16.2. The fourth-order valence-electron chi connectivity index (χ4n) is 3.45. The van der Waals surface area contributed by atoms with Crippen LogP contribution in [-0.2, 0) is 10.3 Å². The molecule has 5 nitrogen and oxygen atoms in total. The lowest BCUT2D eigenvalue weighted by Gasteiger charge is -2.34. The lowest BCUT2D eigenvalue weighted by atomic mass is 9.84. The molecule has 0 spiro atoms. The van der Waals surface area contributed by atoms with E-state index < -0.39 is 16.5 Å². The molecule has 3 rings (SSSR count). The molecule has 0 N–H and O–H groups in total. The van der Waals surface area contributed by atoms with Crippen molar-refractivity contribution in [1.29, 1.82) is 0 Å². The van der Waals surface area contributed by atoms with E-state index in [1.54, 1.807) is 0 Å². The third-order valence-corrected chi connectivity index (χ3v) is 4.83. The predicted molar refractivity (Wildman–Crippen MR) is 89.6 cm³/mol. The quantitative estimate of drug-likeness (QED) is 0.472. The minimum absolute atomic E-state index is 0.0430. The van der Waals surface area contributed by atoms with Gasteiger partial charge in [0.2, 0.25) is 0 Å².